The first-order valence-corrected chi connectivity index (χ1v) is 5.56. The zero-order valence-electron chi connectivity index (χ0n) is 7.45. The van der Waals surface area contributed by atoms with Crippen LogP contribution in [0.1, 0.15) is 32.6 Å². The lowest BCUT2D eigenvalue weighted by atomic mass is 9.87. The van der Waals surface area contributed by atoms with Gasteiger partial charge in [-0.3, -0.25) is 4.79 Å². The molecule has 1 saturated carbocycles. The summed E-state index contributed by atoms with van der Waals surface area (Å²) in [6.45, 7) is 2.00. The fraction of sp³-hybridized carbons (Fsp3) is 0.889. The van der Waals surface area contributed by atoms with Crippen LogP contribution in [-0.2, 0) is 4.79 Å². The molecular weight excluding hydrogens is 172 g/mol. The molecule has 1 aliphatic rings. The van der Waals surface area contributed by atoms with Gasteiger partial charge in [-0.2, -0.15) is 11.8 Å². The fourth-order valence-electron chi connectivity index (χ4n) is 1.26. The van der Waals surface area contributed by atoms with Crippen molar-refractivity contribution in [2.24, 2.45) is 5.92 Å². The molecule has 0 bridgehead atoms. The van der Waals surface area contributed by atoms with Crippen LogP contribution >= 0.6 is 11.8 Å². The van der Waals surface area contributed by atoms with Crippen molar-refractivity contribution in [3.63, 3.8) is 0 Å². The molecule has 0 aliphatic heterocycles. The number of carboxylic acid groups (broad SMARTS) is 1. The normalized spacial score (nSPS) is 20.1. The average molecular weight is 188 g/mol. The number of aliphatic carboxylic acids is 1. The Morgan fingerprint density at radius 3 is 2.75 bits per heavy atom. The van der Waals surface area contributed by atoms with E-state index in [2.05, 4.69) is 0 Å². The molecule has 0 aromatic heterocycles. The zero-order chi connectivity index (χ0) is 8.97. The molecule has 0 amide bonds. The maximum Gasteiger partial charge on any atom is 0.304 e. The smallest absolute Gasteiger partial charge is 0.304 e. The highest BCUT2D eigenvalue weighted by molar-refractivity contribution is 7.99. The minimum atomic E-state index is -0.677. The number of hydrogen-bond acceptors (Lipinski definition) is 2. The maximum atomic E-state index is 10.3. The van der Waals surface area contributed by atoms with Gasteiger partial charge in [0.25, 0.3) is 0 Å². The minimum Gasteiger partial charge on any atom is -0.481 e. The Labute approximate surface area is 77.7 Å². The highest BCUT2D eigenvalue weighted by atomic mass is 32.2. The topological polar surface area (TPSA) is 37.3 Å². The van der Waals surface area contributed by atoms with E-state index in [-0.39, 0.29) is 5.25 Å². The molecule has 12 heavy (non-hydrogen) atoms. The monoisotopic (exact) mass is 188 g/mol. The lowest BCUT2D eigenvalue weighted by Gasteiger charge is -2.25. The first kappa shape index (κ1) is 9.90. The van der Waals surface area contributed by atoms with Gasteiger partial charge in [0, 0.05) is 5.25 Å². The van der Waals surface area contributed by atoms with Crippen LogP contribution in [-0.4, -0.2) is 22.1 Å². The van der Waals surface area contributed by atoms with Gasteiger partial charge in [0.2, 0.25) is 0 Å². The molecule has 1 atom stereocenters. The molecule has 1 fully saturated rings. The van der Waals surface area contributed by atoms with Gasteiger partial charge in [0.1, 0.15) is 0 Å². The van der Waals surface area contributed by atoms with E-state index in [0.29, 0.717) is 6.42 Å². The van der Waals surface area contributed by atoms with E-state index in [9.17, 15) is 4.79 Å². The van der Waals surface area contributed by atoms with Crippen molar-refractivity contribution in [2.75, 3.05) is 5.75 Å². The van der Waals surface area contributed by atoms with Crippen molar-refractivity contribution < 1.29 is 9.90 Å². The van der Waals surface area contributed by atoms with Crippen molar-refractivity contribution in [2.45, 2.75) is 37.9 Å². The van der Waals surface area contributed by atoms with Crippen LogP contribution < -0.4 is 0 Å². The van der Waals surface area contributed by atoms with Crippen molar-refractivity contribution in [3.05, 3.63) is 0 Å². The molecule has 0 saturated heterocycles. The van der Waals surface area contributed by atoms with Crippen LogP contribution in [0.4, 0.5) is 0 Å². The van der Waals surface area contributed by atoms with Gasteiger partial charge >= 0.3 is 5.97 Å². The van der Waals surface area contributed by atoms with E-state index in [1.54, 1.807) is 0 Å². The lowest BCUT2D eigenvalue weighted by Crippen LogP contribution is -2.16. The standard InChI is InChI=1S/C9H16O2S/c1-7(5-9(10)11)12-6-8-3-2-4-8/h7-8H,2-6H2,1H3,(H,10,11). The number of carboxylic acids is 1. The molecule has 70 valence electrons. The number of rotatable bonds is 5. The largest absolute Gasteiger partial charge is 0.481 e. The average Bonchev–Trinajstić information content (AvgIpc) is 1.81. The Bertz CT molecular complexity index is 155. The Morgan fingerprint density at radius 1 is 1.67 bits per heavy atom. The molecule has 0 aromatic rings. The second-order valence-corrected chi connectivity index (χ2v) is 5.01. The van der Waals surface area contributed by atoms with Crippen LogP contribution in [0.3, 0.4) is 0 Å². The highest BCUT2D eigenvalue weighted by Gasteiger charge is 2.18. The van der Waals surface area contributed by atoms with Crippen LogP contribution in [0, 0.1) is 5.92 Å². The molecule has 0 heterocycles. The predicted molar refractivity (Wildman–Crippen MR) is 51.5 cm³/mol. The summed E-state index contributed by atoms with van der Waals surface area (Å²) in [6, 6.07) is 0. The van der Waals surface area contributed by atoms with Crippen LogP contribution in [0.5, 0.6) is 0 Å². The van der Waals surface area contributed by atoms with Gasteiger partial charge in [-0.15, -0.1) is 0 Å². The van der Waals surface area contributed by atoms with Crippen LogP contribution in [0.2, 0.25) is 0 Å². The van der Waals surface area contributed by atoms with Crippen molar-refractivity contribution >= 4 is 17.7 Å². The number of thioether (sulfide) groups is 1. The molecule has 1 rings (SSSR count). The minimum absolute atomic E-state index is 0.281. The van der Waals surface area contributed by atoms with E-state index >= 15 is 0 Å². The summed E-state index contributed by atoms with van der Waals surface area (Å²) in [4.78, 5) is 10.3. The Morgan fingerprint density at radius 2 is 2.33 bits per heavy atom. The quantitative estimate of drug-likeness (QED) is 0.719. The second kappa shape index (κ2) is 4.75. The molecule has 0 radical (unpaired) electrons. The van der Waals surface area contributed by atoms with Crippen molar-refractivity contribution in [1.29, 1.82) is 0 Å². The fourth-order valence-corrected chi connectivity index (χ4v) is 2.46. The van der Waals surface area contributed by atoms with Gasteiger partial charge in [-0.1, -0.05) is 13.3 Å². The van der Waals surface area contributed by atoms with E-state index < -0.39 is 5.97 Å². The second-order valence-electron chi connectivity index (χ2n) is 3.54. The highest BCUT2D eigenvalue weighted by Crippen LogP contribution is 2.31. The summed E-state index contributed by atoms with van der Waals surface area (Å²) in [5, 5.41) is 8.79. The van der Waals surface area contributed by atoms with E-state index in [4.69, 9.17) is 5.11 Å². The summed E-state index contributed by atoms with van der Waals surface area (Å²) in [5.74, 6) is 1.36. The number of carbonyl (C=O) groups is 1. The Balaban J connectivity index is 2.00. The van der Waals surface area contributed by atoms with Gasteiger partial charge in [0.05, 0.1) is 6.42 Å². The van der Waals surface area contributed by atoms with E-state index in [1.807, 2.05) is 18.7 Å². The zero-order valence-corrected chi connectivity index (χ0v) is 8.27. The van der Waals surface area contributed by atoms with Crippen molar-refractivity contribution in [3.8, 4) is 0 Å². The summed E-state index contributed by atoms with van der Waals surface area (Å²) < 4.78 is 0. The first-order chi connectivity index (χ1) is 5.68. The maximum absolute atomic E-state index is 10.3. The molecule has 0 spiro atoms. The molecule has 0 aromatic carbocycles. The SMILES string of the molecule is CC(CC(=O)O)SCC1CCC1. The first-order valence-electron chi connectivity index (χ1n) is 4.52. The number of hydrogen-bond donors (Lipinski definition) is 1. The van der Waals surface area contributed by atoms with Gasteiger partial charge in [-0.05, 0) is 24.5 Å². The summed E-state index contributed by atoms with van der Waals surface area (Å²) in [5.41, 5.74) is 0. The molecule has 1 N–H and O–H groups in total. The summed E-state index contributed by atoms with van der Waals surface area (Å²) in [6.07, 6.45) is 4.38. The molecule has 1 unspecified atom stereocenters. The summed E-state index contributed by atoms with van der Waals surface area (Å²) in [7, 11) is 0. The van der Waals surface area contributed by atoms with E-state index in [1.165, 1.54) is 19.3 Å². The lowest BCUT2D eigenvalue weighted by molar-refractivity contribution is -0.136. The van der Waals surface area contributed by atoms with E-state index in [0.717, 1.165) is 11.7 Å². The van der Waals surface area contributed by atoms with Gasteiger partial charge in [0.15, 0.2) is 0 Å². The van der Waals surface area contributed by atoms with Gasteiger partial charge < -0.3 is 5.11 Å². The summed E-state index contributed by atoms with van der Waals surface area (Å²) >= 11 is 1.81. The third-order valence-electron chi connectivity index (χ3n) is 2.30. The molecule has 2 nitrogen and oxygen atoms in total. The predicted octanol–water partition coefficient (Wildman–Crippen LogP) is 2.38. The molecule has 3 heteroatoms. The Kier molecular flexibility index (Phi) is 3.92. The molecule has 1 aliphatic carbocycles. The van der Waals surface area contributed by atoms with Crippen LogP contribution in [0.15, 0.2) is 0 Å². The van der Waals surface area contributed by atoms with Crippen LogP contribution in [0.25, 0.3) is 0 Å². The van der Waals surface area contributed by atoms with Crippen molar-refractivity contribution in [1.82, 2.24) is 0 Å². The van der Waals surface area contributed by atoms with Gasteiger partial charge in [-0.25, -0.2) is 0 Å². The Hall–Kier alpha value is -0.180. The third kappa shape index (κ3) is 3.48. The third-order valence-corrected chi connectivity index (χ3v) is 3.70. The molecular formula is C9H16O2S.